The Balaban J connectivity index is 0.000000131. The number of nitrogens with zero attached hydrogens (tertiary/aromatic N) is 8. The molecule has 1 fully saturated rings. The normalized spacial score (nSPS) is 12.8. The Morgan fingerprint density at radius 2 is 0.517 bits per heavy atom. The maximum absolute atomic E-state index is 6.29. The lowest BCUT2D eigenvalue weighted by atomic mass is 9.79. The first-order chi connectivity index (χ1) is 58.8. The molecule has 14 aromatic carbocycles. The molecular formula is C106H76BClN8O2S2. The molecule has 0 amide bonds. The fourth-order valence-corrected chi connectivity index (χ4v) is 17.6. The van der Waals surface area contributed by atoms with Gasteiger partial charge in [0.25, 0.3) is 0 Å². The molecular weight excluding hydrogens is 1530 g/mol. The van der Waals surface area contributed by atoms with Crippen LogP contribution in [0.5, 0.6) is 0 Å². The van der Waals surface area contributed by atoms with Crippen LogP contribution in [0.1, 0.15) is 27.7 Å². The molecule has 0 saturated carbocycles. The first-order valence-corrected chi connectivity index (χ1v) is 42.0. The number of halogens is 1. The summed E-state index contributed by atoms with van der Waals surface area (Å²) in [6.45, 7) is 8.28. The van der Waals surface area contributed by atoms with Crippen molar-refractivity contribution < 1.29 is 9.31 Å². The standard InChI is InChI=1S/C50H32N4S.C40H35BN2O2.C16H9ClN2S/c1-4-14-33(15-5-1)38-20-12-22-40(30-38)43-32-44(41-23-13-21-39(31-41)34-16-6-2-7-17-34)52-49(51-43)36-26-28-37(29-27-36)50-53-46(35-18-8-3-9-19-35)48-47(54-50)42-24-10-11-25-45(42)55-48;1-39(2)40(3,4)45-41(44-39)35-23-21-30(22-24-35)38-42-36(33-19-11-17-31(25-33)28-13-7-5-8-14-28)27-37(43-38)34-20-12-18-32(26-34)29-15-9-6-10-16-29;17-16-18-13(10-6-2-1-3-7-10)15-14(19-16)11-8-4-5-9-12(11)20-15/h1-32H;5-27H,1-4H3;1-9H. The molecule has 0 radical (unpaired) electrons. The van der Waals surface area contributed by atoms with Crippen LogP contribution in [0.4, 0.5) is 0 Å². The van der Waals surface area contributed by atoms with E-state index in [1.807, 2.05) is 72.8 Å². The zero-order chi connectivity index (χ0) is 81.1. The lowest BCUT2D eigenvalue weighted by Gasteiger charge is -2.32. The molecule has 10 nitrogen and oxygen atoms in total. The predicted molar refractivity (Wildman–Crippen MR) is 499 cm³/mol. The molecule has 20 aromatic rings. The van der Waals surface area contributed by atoms with Gasteiger partial charge in [-0.3, -0.25) is 0 Å². The maximum atomic E-state index is 6.29. The van der Waals surface area contributed by atoms with Crippen molar-refractivity contribution in [3.05, 3.63) is 394 Å². The Morgan fingerprint density at radius 3 is 0.867 bits per heavy atom. The number of thiophene rings is 2. The van der Waals surface area contributed by atoms with E-state index in [-0.39, 0.29) is 0 Å². The van der Waals surface area contributed by atoms with Crippen LogP contribution >= 0.6 is 34.3 Å². The Bertz CT molecular complexity index is 6890. The summed E-state index contributed by atoms with van der Waals surface area (Å²) in [4.78, 5) is 39.8. The van der Waals surface area contributed by atoms with Crippen molar-refractivity contribution in [1.82, 2.24) is 39.9 Å². The summed E-state index contributed by atoms with van der Waals surface area (Å²) in [6.07, 6.45) is 0. The predicted octanol–water partition coefficient (Wildman–Crippen LogP) is 27.6. The second-order valence-electron chi connectivity index (χ2n) is 30.5. The minimum absolute atomic E-state index is 0.292. The molecule has 0 unspecified atom stereocenters. The molecule has 0 atom stereocenters. The number of fused-ring (bicyclic) bond motifs is 6. The molecule has 1 saturated heterocycles. The van der Waals surface area contributed by atoms with Crippen LogP contribution in [0.2, 0.25) is 5.28 Å². The van der Waals surface area contributed by atoms with E-state index in [4.69, 9.17) is 50.8 Å². The molecule has 7 heterocycles. The van der Waals surface area contributed by atoms with Crippen LogP contribution in [0, 0.1) is 0 Å². The van der Waals surface area contributed by atoms with Gasteiger partial charge in [-0.15, -0.1) is 22.7 Å². The average molecular weight is 1600 g/mol. The molecule has 0 spiro atoms. The van der Waals surface area contributed by atoms with Crippen LogP contribution in [0.25, 0.3) is 187 Å². The van der Waals surface area contributed by atoms with Gasteiger partial charge in [-0.25, -0.2) is 39.9 Å². The summed E-state index contributed by atoms with van der Waals surface area (Å²) in [5.74, 6) is 2.00. The third-order valence-corrected chi connectivity index (χ3v) is 24.6. The van der Waals surface area contributed by atoms with E-state index < -0.39 is 18.3 Å². The SMILES string of the molecule is CC1(C)OB(c2ccc(-c3nc(-c4cccc(-c5ccccc5)c4)cc(-c4cccc(-c5ccccc5)c4)n3)cc2)OC1(C)C.Clc1nc(-c2ccccc2)c2sc3ccccc3c2n1.c1ccc(-c2cccc(-c3cc(-c4cccc(-c5ccccc5)c4)nc(-c4ccc(-c5nc(-c6ccccc6)c6sc7ccccc7c6n5)cc4)n3)c2)cc1. The quantitative estimate of drug-likeness (QED) is 0.0768. The fourth-order valence-electron chi connectivity index (χ4n) is 15.1. The van der Waals surface area contributed by atoms with Gasteiger partial charge in [0.15, 0.2) is 17.5 Å². The highest BCUT2D eigenvalue weighted by atomic mass is 35.5. The second-order valence-corrected chi connectivity index (χ2v) is 33.0. The number of hydrogen-bond donors (Lipinski definition) is 0. The van der Waals surface area contributed by atoms with E-state index in [1.165, 1.54) is 20.5 Å². The molecule has 1 aliphatic rings. The van der Waals surface area contributed by atoms with E-state index in [0.29, 0.717) is 22.8 Å². The number of rotatable bonds is 14. The molecule has 0 bridgehead atoms. The van der Waals surface area contributed by atoms with Crippen molar-refractivity contribution >= 4 is 87.5 Å². The highest BCUT2D eigenvalue weighted by molar-refractivity contribution is 7.26. The summed E-state index contributed by atoms with van der Waals surface area (Å²) in [5, 5.41) is 2.57. The van der Waals surface area contributed by atoms with Crippen LogP contribution in [-0.4, -0.2) is 58.2 Å². The van der Waals surface area contributed by atoms with Crippen LogP contribution < -0.4 is 5.46 Å². The third kappa shape index (κ3) is 16.0. The Labute approximate surface area is 710 Å². The topological polar surface area (TPSA) is 122 Å². The van der Waals surface area contributed by atoms with E-state index >= 15 is 0 Å². The van der Waals surface area contributed by atoms with Crippen molar-refractivity contribution in [2.45, 2.75) is 38.9 Å². The van der Waals surface area contributed by atoms with Gasteiger partial charge in [-0.05, 0) is 138 Å². The van der Waals surface area contributed by atoms with E-state index in [1.54, 1.807) is 22.7 Å². The van der Waals surface area contributed by atoms with Crippen molar-refractivity contribution in [3.8, 4) is 146 Å². The molecule has 120 heavy (non-hydrogen) atoms. The first kappa shape index (κ1) is 76.1. The molecule has 0 aliphatic carbocycles. The maximum Gasteiger partial charge on any atom is 0.494 e. The lowest BCUT2D eigenvalue weighted by molar-refractivity contribution is 0.00578. The Morgan fingerprint density at radius 1 is 0.242 bits per heavy atom. The Kier molecular flexibility index (Phi) is 21.1. The molecule has 1 aliphatic heterocycles. The fraction of sp³-hybridized carbons (Fsp3) is 0.0566. The molecule has 574 valence electrons. The summed E-state index contributed by atoms with van der Waals surface area (Å²) in [7, 11) is -0.423. The van der Waals surface area contributed by atoms with E-state index in [2.05, 4.69) is 353 Å². The second kappa shape index (κ2) is 33.3. The lowest BCUT2D eigenvalue weighted by Crippen LogP contribution is -2.41. The van der Waals surface area contributed by atoms with Gasteiger partial charge in [0.2, 0.25) is 5.28 Å². The summed E-state index contributed by atoms with van der Waals surface area (Å²) in [6, 6.07) is 134. The minimum Gasteiger partial charge on any atom is -0.399 e. The van der Waals surface area contributed by atoms with Crippen molar-refractivity contribution in [2.24, 2.45) is 0 Å². The molecule has 6 aromatic heterocycles. The first-order valence-electron chi connectivity index (χ1n) is 40.0. The largest absolute Gasteiger partial charge is 0.494 e. The monoisotopic (exact) mass is 1600 g/mol. The summed E-state index contributed by atoms with van der Waals surface area (Å²) in [5.41, 5.74) is 25.7. The molecule has 14 heteroatoms. The van der Waals surface area contributed by atoms with Crippen LogP contribution in [0.3, 0.4) is 0 Å². The van der Waals surface area contributed by atoms with Crippen LogP contribution in [0.15, 0.2) is 388 Å². The van der Waals surface area contributed by atoms with Gasteiger partial charge in [0, 0.05) is 70.2 Å². The van der Waals surface area contributed by atoms with Crippen LogP contribution in [-0.2, 0) is 9.31 Å². The third-order valence-electron chi connectivity index (χ3n) is 22.1. The number of hydrogen-bond acceptors (Lipinski definition) is 12. The summed E-state index contributed by atoms with van der Waals surface area (Å²) < 4.78 is 17.2. The van der Waals surface area contributed by atoms with Gasteiger partial charge in [0.05, 0.1) is 65.8 Å². The molecule has 0 N–H and O–H groups in total. The van der Waals surface area contributed by atoms with Crippen molar-refractivity contribution in [1.29, 1.82) is 0 Å². The Hall–Kier alpha value is -13.9. The van der Waals surface area contributed by atoms with E-state index in [9.17, 15) is 0 Å². The van der Waals surface area contributed by atoms with Gasteiger partial charge in [-0.2, -0.15) is 0 Å². The average Bonchev–Trinajstić information content (AvgIpc) is 1.62. The smallest absolute Gasteiger partial charge is 0.399 e. The summed E-state index contributed by atoms with van der Waals surface area (Å²) >= 11 is 9.56. The van der Waals surface area contributed by atoms with E-state index in [0.717, 1.165) is 154 Å². The number of aromatic nitrogens is 8. The zero-order valence-electron chi connectivity index (χ0n) is 66.1. The molecule has 21 rings (SSSR count). The van der Waals surface area contributed by atoms with Gasteiger partial charge in [-0.1, -0.05) is 340 Å². The zero-order valence-corrected chi connectivity index (χ0v) is 68.5. The minimum atomic E-state index is -0.423. The highest BCUT2D eigenvalue weighted by Gasteiger charge is 2.51. The van der Waals surface area contributed by atoms with Crippen molar-refractivity contribution in [2.75, 3.05) is 0 Å². The van der Waals surface area contributed by atoms with Gasteiger partial charge >= 0.3 is 7.12 Å². The number of benzene rings is 14. The van der Waals surface area contributed by atoms with Crippen molar-refractivity contribution in [3.63, 3.8) is 0 Å². The highest BCUT2D eigenvalue weighted by Crippen LogP contribution is 2.43. The van der Waals surface area contributed by atoms with Gasteiger partial charge in [0.1, 0.15) is 0 Å². The van der Waals surface area contributed by atoms with Gasteiger partial charge < -0.3 is 9.31 Å².